The van der Waals surface area contributed by atoms with Crippen LogP contribution in [-0.4, -0.2) is 43.0 Å². The molecule has 16 heavy (non-hydrogen) atoms. The first kappa shape index (κ1) is 12.5. The van der Waals surface area contributed by atoms with Gasteiger partial charge in [-0.25, -0.2) is 0 Å². The molecule has 0 amide bonds. The molecule has 0 aliphatic heterocycles. The Bertz CT molecular complexity index is 334. The highest BCUT2D eigenvalue weighted by Gasteiger charge is 1.98. The van der Waals surface area contributed by atoms with Gasteiger partial charge in [0.1, 0.15) is 0 Å². The standard InChI is InChI=1S/C10H19N5O/c1-11-10(12-4-5-16-3)13-6-9-7-14-15(2)8-9/h7-8H,4-6H2,1-3H3,(H2,11,12,13). The van der Waals surface area contributed by atoms with E-state index in [9.17, 15) is 0 Å². The molecule has 1 rings (SSSR count). The number of aryl methyl sites for hydroxylation is 1. The van der Waals surface area contributed by atoms with Crippen molar-refractivity contribution in [2.75, 3.05) is 27.3 Å². The molecule has 1 aromatic rings. The predicted molar refractivity (Wildman–Crippen MR) is 63.3 cm³/mol. The second kappa shape index (κ2) is 6.84. The number of rotatable bonds is 5. The van der Waals surface area contributed by atoms with Gasteiger partial charge in [-0.1, -0.05) is 0 Å². The third kappa shape index (κ3) is 4.31. The number of aromatic nitrogens is 2. The molecule has 6 nitrogen and oxygen atoms in total. The van der Waals surface area contributed by atoms with Crippen LogP contribution in [0.15, 0.2) is 17.4 Å². The van der Waals surface area contributed by atoms with Crippen molar-refractivity contribution in [3.8, 4) is 0 Å². The largest absolute Gasteiger partial charge is 0.383 e. The van der Waals surface area contributed by atoms with Crippen LogP contribution in [0.25, 0.3) is 0 Å². The maximum Gasteiger partial charge on any atom is 0.191 e. The number of nitrogens with zero attached hydrogens (tertiary/aromatic N) is 3. The molecule has 1 aromatic heterocycles. The summed E-state index contributed by atoms with van der Waals surface area (Å²) >= 11 is 0. The van der Waals surface area contributed by atoms with Crippen LogP contribution in [0.4, 0.5) is 0 Å². The van der Waals surface area contributed by atoms with E-state index in [2.05, 4.69) is 20.7 Å². The highest BCUT2D eigenvalue weighted by molar-refractivity contribution is 5.79. The summed E-state index contributed by atoms with van der Waals surface area (Å²) in [7, 11) is 5.31. The van der Waals surface area contributed by atoms with Crippen molar-refractivity contribution < 1.29 is 4.74 Å². The topological polar surface area (TPSA) is 63.5 Å². The lowest BCUT2D eigenvalue weighted by Crippen LogP contribution is -2.38. The number of hydrogen-bond acceptors (Lipinski definition) is 3. The maximum atomic E-state index is 4.94. The fourth-order valence-electron chi connectivity index (χ4n) is 1.24. The molecular weight excluding hydrogens is 206 g/mol. The lowest BCUT2D eigenvalue weighted by molar-refractivity contribution is 0.203. The van der Waals surface area contributed by atoms with E-state index in [0.29, 0.717) is 13.2 Å². The predicted octanol–water partition coefficient (Wildman–Crippen LogP) is -0.268. The molecule has 0 saturated carbocycles. The van der Waals surface area contributed by atoms with Gasteiger partial charge in [-0.15, -0.1) is 0 Å². The van der Waals surface area contributed by atoms with Crippen molar-refractivity contribution in [2.45, 2.75) is 6.54 Å². The average molecular weight is 225 g/mol. The van der Waals surface area contributed by atoms with Crippen LogP contribution < -0.4 is 10.6 Å². The summed E-state index contributed by atoms with van der Waals surface area (Å²) in [5.74, 6) is 0.765. The number of methoxy groups -OCH3 is 1. The van der Waals surface area contributed by atoms with Gasteiger partial charge in [0.25, 0.3) is 0 Å². The van der Waals surface area contributed by atoms with E-state index in [1.807, 2.05) is 19.4 Å². The summed E-state index contributed by atoms with van der Waals surface area (Å²) in [6.07, 6.45) is 3.80. The third-order valence-corrected chi connectivity index (χ3v) is 2.04. The smallest absolute Gasteiger partial charge is 0.191 e. The van der Waals surface area contributed by atoms with Crippen molar-refractivity contribution in [1.29, 1.82) is 0 Å². The van der Waals surface area contributed by atoms with E-state index in [4.69, 9.17) is 4.74 Å². The molecule has 0 fully saturated rings. The molecule has 0 radical (unpaired) electrons. The molecule has 2 N–H and O–H groups in total. The summed E-state index contributed by atoms with van der Waals surface area (Å²) in [6.45, 7) is 2.11. The van der Waals surface area contributed by atoms with Crippen molar-refractivity contribution in [2.24, 2.45) is 12.0 Å². The Morgan fingerprint density at radius 1 is 1.56 bits per heavy atom. The van der Waals surface area contributed by atoms with Crippen LogP contribution in [0.5, 0.6) is 0 Å². The molecule has 0 aromatic carbocycles. The number of aliphatic imine (C=N–C) groups is 1. The van der Waals surface area contributed by atoms with Gasteiger partial charge in [0.15, 0.2) is 5.96 Å². The van der Waals surface area contributed by atoms with Gasteiger partial charge in [-0.05, 0) is 0 Å². The normalized spacial score (nSPS) is 11.6. The summed E-state index contributed by atoms with van der Waals surface area (Å²) < 4.78 is 6.72. The Hall–Kier alpha value is -1.56. The zero-order chi connectivity index (χ0) is 11.8. The van der Waals surface area contributed by atoms with Gasteiger partial charge in [-0.2, -0.15) is 5.10 Å². The number of ether oxygens (including phenoxy) is 1. The first-order chi connectivity index (χ1) is 7.76. The lowest BCUT2D eigenvalue weighted by Gasteiger charge is -2.10. The molecule has 0 bridgehead atoms. The van der Waals surface area contributed by atoms with Crippen molar-refractivity contribution in [1.82, 2.24) is 20.4 Å². The first-order valence-electron chi connectivity index (χ1n) is 5.17. The molecule has 0 saturated heterocycles. The van der Waals surface area contributed by atoms with E-state index < -0.39 is 0 Å². The monoisotopic (exact) mass is 225 g/mol. The van der Waals surface area contributed by atoms with Crippen molar-refractivity contribution in [3.63, 3.8) is 0 Å². The fraction of sp³-hybridized carbons (Fsp3) is 0.600. The van der Waals surface area contributed by atoms with Crippen LogP contribution in [0.3, 0.4) is 0 Å². The SMILES string of the molecule is CN=C(NCCOC)NCc1cnn(C)c1. The van der Waals surface area contributed by atoms with E-state index in [0.717, 1.165) is 18.1 Å². The van der Waals surface area contributed by atoms with Gasteiger partial charge >= 0.3 is 0 Å². The van der Waals surface area contributed by atoms with Gasteiger partial charge in [0, 0.05) is 46.1 Å². The van der Waals surface area contributed by atoms with Crippen LogP contribution in [0.1, 0.15) is 5.56 Å². The average Bonchev–Trinajstić information content (AvgIpc) is 2.69. The quantitative estimate of drug-likeness (QED) is 0.411. The number of guanidine groups is 1. The molecule has 1 heterocycles. The van der Waals surface area contributed by atoms with Gasteiger partial charge in [0.05, 0.1) is 12.8 Å². The zero-order valence-electron chi connectivity index (χ0n) is 10.0. The highest BCUT2D eigenvalue weighted by atomic mass is 16.5. The van der Waals surface area contributed by atoms with E-state index in [1.54, 1.807) is 18.8 Å². The molecule has 0 aliphatic carbocycles. The summed E-state index contributed by atoms with van der Waals surface area (Å²) in [6, 6.07) is 0. The molecule has 0 unspecified atom stereocenters. The summed E-state index contributed by atoms with van der Waals surface area (Å²) in [4.78, 5) is 4.09. The Morgan fingerprint density at radius 2 is 2.38 bits per heavy atom. The Morgan fingerprint density at radius 3 is 2.94 bits per heavy atom. The molecular formula is C10H19N5O. The van der Waals surface area contributed by atoms with E-state index in [1.165, 1.54) is 0 Å². The lowest BCUT2D eigenvalue weighted by atomic mass is 10.4. The van der Waals surface area contributed by atoms with Gasteiger partial charge in [-0.3, -0.25) is 9.67 Å². The minimum atomic E-state index is 0.660. The summed E-state index contributed by atoms with van der Waals surface area (Å²) in [5.41, 5.74) is 1.12. The van der Waals surface area contributed by atoms with Crippen LogP contribution >= 0.6 is 0 Å². The molecule has 0 atom stereocenters. The van der Waals surface area contributed by atoms with Crippen molar-refractivity contribution in [3.05, 3.63) is 18.0 Å². The zero-order valence-corrected chi connectivity index (χ0v) is 10.0. The Balaban J connectivity index is 2.29. The second-order valence-electron chi connectivity index (χ2n) is 3.37. The minimum Gasteiger partial charge on any atom is -0.383 e. The fourth-order valence-corrected chi connectivity index (χ4v) is 1.24. The number of hydrogen-bond donors (Lipinski definition) is 2. The Kier molecular flexibility index (Phi) is 5.35. The first-order valence-corrected chi connectivity index (χ1v) is 5.17. The summed E-state index contributed by atoms with van der Waals surface area (Å²) in [5, 5.41) is 10.4. The van der Waals surface area contributed by atoms with Crippen molar-refractivity contribution >= 4 is 5.96 Å². The van der Waals surface area contributed by atoms with E-state index >= 15 is 0 Å². The van der Waals surface area contributed by atoms with Gasteiger partial charge < -0.3 is 15.4 Å². The Labute approximate surface area is 95.7 Å². The van der Waals surface area contributed by atoms with Crippen LogP contribution in [0, 0.1) is 0 Å². The van der Waals surface area contributed by atoms with Crippen LogP contribution in [0.2, 0.25) is 0 Å². The molecule has 0 spiro atoms. The maximum absolute atomic E-state index is 4.94. The molecule has 6 heteroatoms. The van der Waals surface area contributed by atoms with E-state index in [-0.39, 0.29) is 0 Å². The van der Waals surface area contributed by atoms with Gasteiger partial charge in [0.2, 0.25) is 0 Å². The number of nitrogens with one attached hydrogen (secondary N) is 2. The molecule has 0 aliphatic rings. The second-order valence-corrected chi connectivity index (χ2v) is 3.37. The van der Waals surface area contributed by atoms with Crippen LogP contribution in [-0.2, 0) is 18.3 Å². The molecule has 90 valence electrons. The highest BCUT2D eigenvalue weighted by Crippen LogP contribution is 1.94. The minimum absolute atomic E-state index is 0.660. The third-order valence-electron chi connectivity index (χ3n) is 2.04.